The van der Waals surface area contributed by atoms with E-state index < -0.39 is 0 Å². The average Bonchev–Trinajstić information content (AvgIpc) is 3.01. The lowest BCUT2D eigenvalue weighted by molar-refractivity contribution is -0.118. The van der Waals surface area contributed by atoms with E-state index in [-0.39, 0.29) is 12.5 Å². The zero-order chi connectivity index (χ0) is 16.9. The number of ether oxygens (including phenoxy) is 1. The van der Waals surface area contributed by atoms with E-state index in [1.54, 1.807) is 29.9 Å². The highest BCUT2D eigenvalue weighted by Gasteiger charge is 2.08. The van der Waals surface area contributed by atoms with E-state index in [2.05, 4.69) is 36.8 Å². The smallest absolute Gasteiger partial charge is 0.262 e. The van der Waals surface area contributed by atoms with E-state index in [0.29, 0.717) is 17.3 Å². The van der Waals surface area contributed by atoms with E-state index in [1.807, 2.05) is 30.3 Å². The fourth-order valence-corrected chi connectivity index (χ4v) is 2.35. The Morgan fingerprint density at radius 1 is 1.25 bits per heavy atom. The van der Waals surface area contributed by atoms with Crippen molar-refractivity contribution in [3.05, 3.63) is 53.0 Å². The van der Waals surface area contributed by atoms with Crippen molar-refractivity contribution < 1.29 is 9.53 Å². The van der Waals surface area contributed by atoms with E-state index in [1.165, 1.54) is 0 Å². The molecule has 1 aromatic heterocycles. The van der Waals surface area contributed by atoms with Crippen molar-refractivity contribution in [3.63, 3.8) is 0 Å². The van der Waals surface area contributed by atoms with Crippen LogP contribution in [-0.4, -0.2) is 32.7 Å². The van der Waals surface area contributed by atoms with Gasteiger partial charge in [0.05, 0.1) is 0 Å². The number of aryl methyl sites for hydroxylation is 1. The highest BCUT2D eigenvalue weighted by atomic mass is 79.9. The molecule has 1 N–H and O–H groups in total. The second kappa shape index (κ2) is 7.22. The molecule has 0 aliphatic rings. The Labute approximate surface area is 146 Å². The summed E-state index contributed by atoms with van der Waals surface area (Å²) in [5, 5.41) is 14.2. The number of amides is 1. The maximum atomic E-state index is 12.0. The summed E-state index contributed by atoms with van der Waals surface area (Å²) in [5.74, 6) is 1.01. The molecule has 7 nitrogen and oxygen atoms in total. The van der Waals surface area contributed by atoms with Gasteiger partial charge in [0.1, 0.15) is 5.75 Å². The van der Waals surface area contributed by atoms with Gasteiger partial charge in [-0.3, -0.25) is 4.79 Å². The van der Waals surface area contributed by atoms with Crippen LogP contribution < -0.4 is 10.1 Å². The fourth-order valence-electron chi connectivity index (χ4n) is 2.09. The van der Waals surface area contributed by atoms with Gasteiger partial charge >= 0.3 is 0 Å². The van der Waals surface area contributed by atoms with Crippen molar-refractivity contribution in [2.75, 3.05) is 11.9 Å². The Bertz CT molecular complexity index is 848. The quantitative estimate of drug-likeness (QED) is 0.727. The monoisotopic (exact) mass is 387 g/mol. The number of anilines is 1. The molecule has 1 amide bonds. The Kier molecular flexibility index (Phi) is 4.85. The van der Waals surface area contributed by atoms with Crippen LogP contribution >= 0.6 is 15.9 Å². The molecule has 2 aromatic carbocycles. The van der Waals surface area contributed by atoms with Crippen molar-refractivity contribution in [2.45, 2.75) is 0 Å². The summed E-state index contributed by atoms with van der Waals surface area (Å²) in [6, 6.07) is 14.6. The van der Waals surface area contributed by atoms with Gasteiger partial charge in [-0.05, 0) is 46.8 Å². The van der Waals surface area contributed by atoms with E-state index in [9.17, 15) is 4.79 Å². The second-order valence-corrected chi connectivity index (χ2v) is 5.91. The molecule has 0 bridgehead atoms. The Morgan fingerprint density at radius 2 is 2.04 bits per heavy atom. The van der Waals surface area contributed by atoms with Gasteiger partial charge in [-0.2, -0.15) is 0 Å². The third kappa shape index (κ3) is 3.96. The Morgan fingerprint density at radius 3 is 2.75 bits per heavy atom. The molecule has 0 saturated heterocycles. The zero-order valence-corrected chi connectivity index (χ0v) is 14.4. The van der Waals surface area contributed by atoms with Crippen LogP contribution in [0.4, 0.5) is 5.69 Å². The van der Waals surface area contributed by atoms with E-state index in [4.69, 9.17) is 4.74 Å². The number of nitrogens with zero attached hydrogens (tertiary/aromatic N) is 4. The number of tetrazole rings is 1. The van der Waals surface area contributed by atoms with Crippen LogP contribution in [0.5, 0.6) is 5.75 Å². The van der Waals surface area contributed by atoms with Gasteiger partial charge in [-0.1, -0.05) is 28.1 Å². The largest absolute Gasteiger partial charge is 0.484 e. The van der Waals surface area contributed by atoms with Crippen LogP contribution in [0.25, 0.3) is 11.4 Å². The van der Waals surface area contributed by atoms with Gasteiger partial charge in [0.15, 0.2) is 12.4 Å². The first-order valence-electron chi connectivity index (χ1n) is 7.13. The lowest BCUT2D eigenvalue weighted by atomic mass is 10.2. The molecule has 0 aliphatic heterocycles. The summed E-state index contributed by atoms with van der Waals surface area (Å²) >= 11 is 3.35. The maximum absolute atomic E-state index is 12.0. The zero-order valence-electron chi connectivity index (χ0n) is 12.8. The van der Waals surface area contributed by atoms with Gasteiger partial charge in [0.25, 0.3) is 5.91 Å². The minimum absolute atomic E-state index is 0.0720. The lowest BCUT2D eigenvalue weighted by Gasteiger charge is -2.08. The van der Waals surface area contributed by atoms with E-state index in [0.717, 1.165) is 10.0 Å². The van der Waals surface area contributed by atoms with Gasteiger partial charge in [-0.15, -0.1) is 5.10 Å². The first-order valence-corrected chi connectivity index (χ1v) is 7.92. The summed E-state index contributed by atoms with van der Waals surface area (Å²) < 4.78 is 7.97. The third-order valence-corrected chi connectivity index (χ3v) is 3.74. The van der Waals surface area contributed by atoms with Gasteiger partial charge < -0.3 is 10.1 Å². The molecule has 0 saturated carbocycles. The number of hydrogen-bond donors (Lipinski definition) is 1. The highest BCUT2D eigenvalue weighted by Crippen LogP contribution is 2.20. The van der Waals surface area contributed by atoms with Crippen molar-refractivity contribution in [3.8, 4) is 17.1 Å². The first-order chi connectivity index (χ1) is 11.6. The summed E-state index contributed by atoms with van der Waals surface area (Å²) in [7, 11) is 1.76. The number of carbonyl (C=O) groups excluding carboxylic acids is 1. The van der Waals surface area contributed by atoms with Crippen LogP contribution in [0.2, 0.25) is 0 Å². The molecular formula is C16H14BrN5O2. The number of rotatable bonds is 5. The van der Waals surface area contributed by atoms with Crippen LogP contribution in [0.3, 0.4) is 0 Å². The normalized spacial score (nSPS) is 10.4. The molecule has 3 aromatic rings. The van der Waals surface area contributed by atoms with Crippen LogP contribution in [0.1, 0.15) is 0 Å². The number of nitrogens with one attached hydrogen (secondary N) is 1. The molecule has 0 fully saturated rings. The number of carbonyl (C=O) groups is 1. The molecule has 0 atom stereocenters. The molecule has 0 unspecified atom stereocenters. The lowest BCUT2D eigenvalue weighted by Crippen LogP contribution is -2.20. The Balaban J connectivity index is 1.62. The van der Waals surface area contributed by atoms with E-state index >= 15 is 0 Å². The van der Waals surface area contributed by atoms with Crippen LogP contribution in [0, 0.1) is 0 Å². The van der Waals surface area contributed by atoms with Crippen molar-refractivity contribution in [1.29, 1.82) is 0 Å². The number of halogens is 1. The van der Waals surface area contributed by atoms with Gasteiger partial charge in [0, 0.05) is 22.8 Å². The molecule has 8 heteroatoms. The predicted octanol–water partition coefficient (Wildman–Crippen LogP) is 2.66. The molecule has 1 heterocycles. The number of benzene rings is 2. The average molecular weight is 388 g/mol. The summed E-state index contributed by atoms with van der Waals surface area (Å²) in [6.07, 6.45) is 0. The van der Waals surface area contributed by atoms with Crippen molar-refractivity contribution >= 4 is 27.5 Å². The molecule has 122 valence electrons. The SMILES string of the molecule is Cn1nnnc1-c1cccc(NC(=O)COc2ccc(Br)cc2)c1. The number of hydrogen-bond acceptors (Lipinski definition) is 5. The van der Waals surface area contributed by atoms with Gasteiger partial charge in [0.2, 0.25) is 0 Å². The van der Waals surface area contributed by atoms with Gasteiger partial charge in [-0.25, -0.2) is 4.68 Å². The minimum Gasteiger partial charge on any atom is -0.484 e. The summed E-state index contributed by atoms with van der Waals surface area (Å²) in [4.78, 5) is 12.0. The van der Waals surface area contributed by atoms with Crippen molar-refractivity contribution in [1.82, 2.24) is 20.2 Å². The standard InChI is InChI=1S/C16H14BrN5O2/c1-22-16(19-20-21-22)11-3-2-4-13(9-11)18-15(23)10-24-14-7-5-12(17)6-8-14/h2-9H,10H2,1H3,(H,18,23). The highest BCUT2D eigenvalue weighted by molar-refractivity contribution is 9.10. The fraction of sp³-hybridized carbons (Fsp3) is 0.125. The summed E-state index contributed by atoms with van der Waals surface area (Å²) in [5.41, 5.74) is 1.47. The van der Waals surface area contributed by atoms with Crippen LogP contribution in [-0.2, 0) is 11.8 Å². The molecule has 0 aliphatic carbocycles. The molecule has 24 heavy (non-hydrogen) atoms. The molecule has 0 radical (unpaired) electrons. The molecular weight excluding hydrogens is 374 g/mol. The molecule has 0 spiro atoms. The molecule has 3 rings (SSSR count). The predicted molar refractivity (Wildman–Crippen MR) is 92.5 cm³/mol. The van der Waals surface area contributed by atoms with Crippen molar-refractivity contribution in [2.24, 2.45) is 7.05 Å². The second-order valence-electron chi connectivity index (χ2n) is 5.00. The summed E-state index contributed by atoms with van der Waals surface area (Å²) in [6.45, 7) is -0.0720. The van der Waals surface area contributed by atoms with Crippen LogP contribution in [0.15, 0.2) is 53.0 Å². The topological polar surface area (TPSA) is 81.9 Å². The first kappa shape index (κ1) is 16.1. The maximum Gasteiger partial charge on any atom is 0.262 e. The minimum atomic E-state index is -0.244. The number of aromatic nitrogens is 4. The Hall–Kier alpha value is -2.74. The third-order valence-electron chi connectivity index (χ3n) is 3.21.